The lowest BCUT2D eigenvalue weighted by Crippen LogP contribution is -2.48. The van der Waals surface area contributed by atoms with Crippen LogP contribution in [0.25, 0.3) is 0 Å². The maximum absolute atomic E-state index is 2.54. The van der Waals surface area contributed by atoms with Crippen molar-refractivity contribution in [3.63, 3.8) is 0 Å². The molecule has 24 heavy (non-hydrogen) atoms. The SMILES string of the molecule is CCN1CN(C)Cc2ccc3c(c21)CN1CN3Cc2ccccc21. The Hall–Kier alpha value is -2.20. The molecule has 2 bridgehead atoms. The van der Waals surface area contributed by atoms with E-state index >= 15 is 0 Å². The molecule has 0 aromatic heterocycles. The van der Waals surface area contributed by atoms with Crippen molar-refractivity contribution in [3.8, 4) is 0 Å². The lowest BCUT2D eigenvalue weighted by atomic mass is 9.96. The average Bonchev–Trinajstić information content (AvgIpc) is 2.60. The van der Waals surface area contributed by atoms with Crippen molar-refractivity contribution < 1.29 is 0 Å². The molecule has 0 saturated carbocycles. The molecule has 0 radical (unpaired) electrons. The number of benzene rings is 2. The van der Waals surface area contributed by atoms with Gasteiger partial charge in [-0.2, -0.15) is 0 Å². The van der Waals surface area contributed by atoms with E-state index in [0.717, 1.165) is 39.5 Å². The molecule has 3 aliphatic rings. The lowest BCUT2D eigenvalue weighted by molar-refractivity contribution is 0.310. The molecular weight excluding hydrogens is 296 g/mol. The number of hydrogen-bond acceptors (Lipinski definition) is 4. The number of hydrogen-bond donors (Lipinski definition) is 0. The van der Waals surface area contributed by atoms with Gasteiger partial charge in [-0.3, -0.25) is 4.90 Å². The van der Waals surface area contributed by atoms with Crippen molar-refractivity contribution >= 4 is 17.1 Å². The molecule has 0 aliphatic carbocycles. The van der Waals surface area contributed by atoms with Crippen LogP contribution in [0.1, 0.15) is 23.6 Å². The smallest absolute Gasteiger partial charge is 0.0910 e. The van der Waals surface area contributed by atoms with Crippen LogP contribution < -0.4 is 14.7 Å². The van der Waals surface area contributed by atoms with Crippen LogP contribution in [0.3, 0.4) is 0 Å². The molecule has 5 rings (SSSR count). The minimum absolute atomic E-state index is 1.01. The molecule has 0 unspecified atom stereocenters. The molecule has 4 heteroatoms. The van der Waals surface area contributed by atoms with Crippen LogP contribution in [0.4, 0.5) is 17.1 Å². The predicted molar refractivity (Wildman–Crippen MR) is 99.5 cm³/mol. The Kier molecular flexibility index (Phi) is 3.04. The van der Waals surface area contributed by atoms with Gasteiger partial charge in [0.25, 0.3) is 0 Å². The Balaban J connectivity index is 1.65. The molecule has 0 spiro atoms. The van der Waals surface area contributed by atoms with Crippen molar-refractivity contribution in [3.05, 3.63) is 53.1 Å². The molecule has 3 heterocycles. The van der Waals surface area contributed by atoms with Gasteiger partial charge < -0.3 is 14.7 Å². The maximum Gasteiger partial charge on any atom is 0.0910 e. The van der Waals surface area contributed by atoms with Crippen LogP contribution in [0.5, 0.6) is 0 Å². The molecule has 2 aromatic rings. The van der Waals surface area contributed by atoms with E-state index in [1.54, 1.807) is 0 Å². The summed E-state index contributed by atoms with van der Waals surface area (Å²) in [6.45, 7) is 8.45. The predicted octanol–water partition coefficient (Wildman–Crippen LogP) is 3.21. The molecule has 4 nitrogen and oxygen atoms in total. The van der Waals surface area contributed by atoms with Crippen molar-refractivity contribution in [1.82, 2.24) is 4.90 Å². The van der Waals surface area contributed by atoms with Gasteiger partial charge in [-0.05, 0) is 37.2 Å². The second-order valence-electron chi connectivity index (χ2n) is 7.25. The molecule has 0 atom stereocenters. The van der Waals surface area contributed by atoms with Crippen LogP contribution >= 0.6 is 0 Å². The molecular formula is C20H24N4. The van der Waals surface area contributed by atoms with Gasteiger partial charge in [-0.1, -0.05) is 24.3 Å². The van der Waals surface area contributed by atoms with Crippen LogP contribution in [0, 0.1) is 0 Å². The highest BCUT2D eigenvalue weighted by Crippen LogP contribution is 2.44. The molecule has 0 fully saturated rings. The zero-order valence-electron chi connectivity index (χ0n) is 14.5. The fourth-order valence-corrected chi connectivity index (χ4v) is 4.59. The molecule has 0 saturated heterocycles. The van der Waals surface area contributed by atoms with E-state index in [2.05, 4.69) is 70.0 Å². The molecule has 3 aliphatic heterocycles. The fourth-order valence-electron chi connectivity index (χ4n) is 4.59. The van der Waals surface area contributed by atoms with E-state index in [0.29, 0.717) is 0 Å². The Bertz CT molecular complexity index is 800. The highest BCUT2D eigenvalue weighted by atomic mass is 15.4. The van der Waals surface area contributed by atoms with E-state index in [4.69, 9.17) is 0 Å². The maximum atomic E-state index is 2.54. The largest absolute Gasteiger partial charge is 0.358 e. The minimum Gasteiger partial charge on any atom is -0.358 e. The normalized spacial score (nSPS) is 19.0. The van der Waals surface area contributed by atoms with Gasteiger partial charge in [0.15, 0.2) is 0 Å². The third-order valence-corrected chi connectivity index (χ3v) is 5.62. The van der Waals surface area contributed by atoms with E-state index in [-0.39, 0.29) is 0 Å². The van der Waals surface area contributed by atoms with E-state index in [1.807, 2.05) is 0 Å². The second-order valence-corrected chi connectivity index (χ2v) is 7.25. The first-order valence-electron chi connectivity index (χ1n) is 8.90. The van der Waals surface area contributed by atoms with Crippen molar-refractivity contribution in [2.24, 2.45) is 0 Å². The van der Waals surface area contributed by atoms with E-state index in [9.17, 15) is 0 Å². The summed E-state index contributed by atoms with van der Waals surface area (Å²) in [5.74, 6) is 0. The van der Waals surface area contributed by atoms with Crippen molar-refractivity contribution in [2.75, 3.05) is 41.6 Å². The summed E-state index contributed by atoms with van der Waals surface area (Å²) in [4.78, 5) is 10.0. The van der Waals surface area contributed by atoms with Crippen molar-refractivity contribution in [2.45, 2.75) is 26.6 Å². The van der Waals surface area contributed by atoms with E-state index in [1.165, 1.54) is 33.8 Å². The number of para-hydroxylation sites is 1. The van der Waals surface area contributed by atoms with Crippen LogP contribution in [-0.4, -0.2) is 31.8 Å². The van der Waals surface area contributed by atoms with E-state index < -0.39 is 0 Å². The average molecular weight is 320 g/mol. The highest BCUT2D eigenvalue weighted by molar-refractivity contribution is 5.77. The Morgan fingerprint density at radius 3 is 2.54 bits per heavy atom. The molecule has 0 amide bonds. The highest BCUT2D eigenvalue weighted by Gasteiger charge is 2.33. The van der Waals surface area contributed by atoms with Crippen LogP contribution in [0.2, 0.25) is 0 Å². The van der Waals surface area contributed by atoms with Gasteiger partial charge in [0.1, 0.15) is 0 Å². The van der Waals surface area contributed by atoms with Gasteiger partial charge >= 0.3 is 0 Å². The summed E-state index contributed by atoms with van der Waals surface area (Å²) in [7, 11) is 2.21. The van der Waals surface area contributed by atoms with Crippen LogP contribution in [-0.2, 0) is 19.6 Å². The summed E-state index contributed by atoms with van der Waals surface area (Å²) in [6, 6.07) is 13.6. The lowest BCUT2D eigenvalue weighted by Gasteiger charge is -2.47. The van der Waals surface area contributed by atoms with Gasteiger partial charge in [-0.15, -0.1) is 0 Å². The standard InChI is InChI=1S/C20H24N4/c1-3-22-13-21(2)10-16-8-9-19-17(20(16)22)12-24-14-23(19)11-15-6-4-5-7-18(15)24/h4-9H,3,10-14H2,1-2H3. The molecule has 2 aromatic carbocycles. The molecule has 124 valence electrons. The first-order chi connectivity index (χ1) is 11.7. The van der Waals surface area contributed by atoms with Gasteiger partial charge in [-0.25, -0.2) is 0 Å². The van der Waals surface area contributed by atoms with Gasteiger partial charge in [0.2, 0.25) is 0 Å². The number of anilines is 3. The fraction of sp³-hybridized carbons (Fsp3) is 0.400. The zero-order chi connectivity index (χ0) is 16.3. The topological polar surface area (TPSA) is 13.0 Å². The summed E-state index contributed by atoms with van der Waals surface area (Å²) < 4.78 is 0. The Labute approximate surface area is 143 Å². The first kappa shape index (κ1) is 14.2. The number of nitrogens with zero attached hydrogens (tertiary/aromatic N) is 4. The summed E-state index contributed by atoms with van der Waals surface area (Å²) in [5, 5.41) is 0. The Morgan fingerprint density at radius 2 is 1.67 bits per heavy atom. The minimum atomic E-state index is 1.01. The van der Waals surface area contributed by atoms with Gasteiger partial charge in [0.05, 0.1) is 13.3 Å². The zero-order valence-corrected chi connectivity index (χ0v) is 14.5. The number of rotatable bonds is 1. The van der Waals surface area contributed by atoms with Gasteiger partial charge in [0, 0.05) is 48.8 Å². The third kappa shape index (κ3) is 1.96. The summed E-state index contributed by atoms with van der Waals surface area (Å²) in [6.07, 6.45) is 0. The summed E-state index contributed by atoms with van der Waals surface area (Å²) >= 11 is 0. The number of fused-ring (bicyclic) bond motifs is 8. The quantitative estimate of drug-likeness (QED) is 0.800. The monoisotopic (exact) mass is 320 g/mol. The van der Waals surface area contributed by atoms with Crippen molar-refractivity contribution in [1.29, 1.82) is 0 Å². The Morgan fingerprint density at radius 1 is 0.833 bits per heavy atom. The first-order valence-corrected chi connectivity index (χ1v) is 8.90. The molecule has 0 N–H and O–H groups in total. The third-order valence-electron chi connectivity index (χ3n) is 5.62. The second kappa shape index (κ2) is 5.15. The summed E-state index contributed by atoms with van der Waals surface area (Å²) in [5.41, 5.74) is 8.76. The van der Waals surface area contributed by atoms with Crippen LogP contribution in [0.15, 0.2) is 36.4 Å².